The summed E-state index contributed by atoms with van der Waals surface area (Å²) in [6, 6.07) is 1.08. The normalized spacial score (nSPS) is 12.6. The van der Waals surface area contributed by atoms with Crippen molar-refractivity contribution in [1.82, 2.24) is 13.7 Å². The second-order valence-corrected chi connectivity index (χ2v) is 8.80. The van der Waals surface area contributed by atoms with E-state index < -0.39 is 59.2 Å². The molecule has 1 N–H and O–H groups in total. The van der Waals surface area contributed by atoms with Crippen molar-refractivity contribution in [3.8, 4) is 11.3 Å². The molecule has 1 amide bonds. The van der Waals surface area contributed by atoms with E-state index in [1.807, 2.05) is 0 Å². The van der Waals surface area contributed by atoms with Gasteiger partial charge in [-0.05, 0) is 19.1 Å². The van der Waals surface area contributed by atoms with E-state index in [4.69, 9.17) is 4.42 Å². The molecule has 0 aliphatic carbocycles. The highest BCUT2D eigenvalue weighted by Crippen LogP contribution is 2.35. The van der Waals surface area contributed by atoms with Crippen LogP contribution in [0.3, 0.4) is 0 Å². The number of thiazole rings is 1. The molecule has 0 radical (unpaired) electrons. The monoisotopic (exact) mass is 544 g/mol. The van der Waals surface area contributed by atoms with Gasteiger partial charge in [-0.1, -0.05) is 0 Å². The maximum absolute atomic E-state index is 14.5. The Morgan fingerprint density at radius 1 is 1.14 bits per heavy atom. The number of hydrogen-bond donors (Lipinski definition) is 1. The second-order valence-electron chi connectivity index (χ2n) is 7.96. The molecule has 37 heavy (non-hydrogen) atoms. The largest absolute Gasteiger partial charge is 0.444 e. The fraction of sp³-hybridized carbons (Fsp3) is 0.273. The Morgan fingerprint density at radius 2 is 1.81 bits per heavy atom. The molecule has 196 valence electrons. The van der Waals surface area contributed by atoms with Crippen LogP contribution in [0.4, 0.5) is 22.0 Å². The Hall–Kier alpha value is -3.85. The van der Waals surface area contributed by atoms with Crippen molar-refractivity contribution in [1.29, 1.82) is 0 Å². The highest BCUT2D eigenvalue weighted by Gasteiger charge is 2.36. The number of amides is 1. The smallest absolute Gasteiger partial charge is 0.419 e. The maximum atomic E-state index is 14.5. The average molecular weight is 544 g/mol. The molecule has 0 bridgehead atoms. The number of furan rings is 1. The topological polar surface area (TPSA) is 112 Å². The minimum Gasteiger partial charge on any atom is -0.444 e. The first-order valence-electron chi connectivity index (χ1n) is 10.4. The Morgan fingerprint density at radius 3 is 2.43 bits per heavy atom. The van der Waals surface area contributed by atoms with E-state index >= 15 is 0 Å². The van der Waals surface area contributed by atoms with Crippen LogP contribution in [-0.2, 0) is 38.2 Å². The number of benzene rings is 1. The number of nitrogens with zero attached hydrogens (tertiary/aromatic N) is 4. The van der Waals surface area contributed by atoms with Gasteiger partial charge >= 0.3 is 11.9 Å². The van der Waals surface area contributed by atoms with Gasteiger partial charge < -0.3 is 9.52 Å². The van der Waals surface area contributed by atoms with Crippen LogP contribution < -0.4 is 16.1 Å². The molecule has 0 saturated heterocycles. The zero-order chi connectivity index (χ0) is 27.4. The molecule has 0 saturated carbocycles. The quantitative estimate of drug-likeness (QED) is 0.397. The second kappa shape index (κ2) is 9.23. The number of halogens is 5. The van der Waals surface area contributed by atoms with Gasteiger partial charge in [0.05, 0.1) is 17.7 Å². The molecular weight excluding hydrogens is 527 g/mol. The lowest BCUT2D eigenvalue weighted by Gasteiger charge is -2.12. The van der Waals surface area contributed by atoms with Crippen molar-refractivity contribution in [3.05, 3.63) is 71.7 Å². The number of aliphatic hydroxyl groups is 1. The van der Waals surface area contributed by atoms with E-state index in [0.29, 0.717) is 12.1 Å². The van der Waals surface area contributed by atoms with Gasteiger partial charge in [0.1, 0.15) is 17.9 Å². The minimum atomic E-state index is -5.11. The highest BCUT2D eigenvalue weighted by molar-refractivity contribution is 7.07. The van der Waals surface area contributed by atoms with Crippen LogP contribution in [0.1, 0.15) is 16.9 Å². The minimum absolute atomic E-state index is 0.00912. The Balaban J connectivity index is 1.77. The lowest BCUT2D eigenvalue weighted by Crippen LogP contribution is -2.36. The standard InChI is InChI=1S/C22H17F5N4O5S/c1-9-11(15-18(34)29(2)21(35)30(3)19(15)36-9)6-14(33)28-20-31(8-32)13(7-37-20)10-4-5-12(22(25,26)27)17(24)16(10)23/h4-5,7,32H,6,8H2,1-3H3/b28-20-. The molecule has 0 unspecified atom stereocenters. The summed E-state index contributed by atoms with van der Waals surface area (Å²) >= 11 is 0.748. The van der Waals surface area contributed by atoms with Crippen molar-refractivity contribution in [2.75, 3.05) is 0 Å². The summed E-state index contributed by atoms with van der Waals surface area (Å²) in [6.45, 7) is 0.634. The molecule has 0 fully saturated rings. The van der Waals surface area contributed by atoms with Gasteiger partial charge in [0.2, 0.25) is 5.71 Å². The van der Waals surface area contributed by atoms with Crippen LogP contribution in [0.25, 0.3) is 22.4 Å². The Labute approximate surface area is 207 Å². The van der Waals surface area contributed by atoms with Crippen LogP contribution in [-0.4, -0.2) is 24.7 Å². The molecule has 1 aromatic carbocycles. The van der Waals surface area contributed by atoms with Crippen LogP contribution in [0.2, 0.25) is 0 Å². The molecule has 9 nitrogen and oxygen atoms in total. The van der Waals surface area contributed by atoms with Gasteiger partial charge in [0.15, 0.2) is 16.4 Å². The summed E-state index contributed by atoms with van der Waals surface area (Å²) in [6.07, 6.45) is -5.55. The number of aryl methyl sites for hydroxylation is 2. The number of carbonyl (C=O) groups excluding carboxylic acids is 1. The number of rotatable bonds is 4. The molecule has 3 aromatic heterocycles. The fourth-order valence-corrected chi connectivity index (χ4v) is 4.74. The van der Waals surface area contributed by atoms with Crippen molar-refractivity contribution >= 4 is 28.3 Å². The molecule has 4 rings (SSSR count). The average Bonchev–Trinajstić information content (AvgIpc) is 3.37. The first-order chi connectivity index (χ1) is 17.3. The number of hydrogen-bond acceptors (Lipinski definition) is 6. The van der Waals surface area contributed by atoms with E-state index in [2.05, 4.69) is 4.99 Å². The van der Waals surface area contributed by atoms with Crippen LogP contribution >= 0.6 is 11.3 Å². The molecule has 0 aliphatic rings. The fourth-order valence-electron chi connectivity index (χ4n) is 3.83. The third kappa shape index (κ3) is 4.33. The van der Waals surface area contributed by atoms with Gasteiger partial charge in [-0.25, -0.2) is 13.6 Å². The molecule has 0 aliphatic heterocycles. The summed E-state index contributed by atoms with van der Waals surface area (Å²) in [5, 5.41) is 11.0. The molecule has 0 spiro atoms. The first kappa shape index (κ1) is 26.2. The van der Waals surface area contributed by atoms with Gasteiger partial charge in [0, 0.05) is 30.6 Å². The third-order valence-corrected chi connectivity index (χ3v) is 6.60. The molecule has 4 aromatic rings. The summed E-state index contributed by atoms with van der Waals surface area (Å²) in [5.41, 5.74) is -3.73. The van der Waals surface area contributed by atoms with E-state index in [-0.39, 0.29) is 32.9 Å². The lowest BCUT2D eigenvalue weighted by molar-refractivity contribution is -0.140. The maximum Gasteiger partial charge on any atom is 0.419 e. The SMILES string of the molecule is Cc1oc2c(c1CC(=O)/N=c1\scc(-c3ccc(C(F)(F)F)c(F)c3F)n1CO)c(=O)n(C)c(=O)n2C. The molecular formula is C22H17F5N4O5S. The van der Waals surface area contributed by atoms with Gasteiger partial charge in [0.25, 0.3) is 11.5 Å². The van der Waals surface area contributed by atoms with E-state index in [1.54, 1.807) is 0 Å². The predicted octanol–water partition coefficient (Wildman–Crippen LogP) is 2.59. The predicted molar refractivity (Wildman–Crippen MR) is 121 cm³/mol. The molecule has 0 atom stereocenters. The third-order valence-electron chi connectivity index (χ3n) is 5.74. The van der Waals surface area contributed by atoms with Crippen molar-refractivity contribution in [3.63, 3.8) is 0 Å². The highest BCUT2D eigenvalue weighted by atomic mass is 32.1. The van der Waals surface area contributed by atoms with Crippen LogP contribution in [0.15, 0.2) is 36.5 Å². The summed E-state index contributed by atoms with van der Waals surface area (Å²) in [5.74, 6) is -4.50. The summed E-state index contributed by atoms with van der Waals surface area (Å²) in [4.78, 5) is 41.3. The van der Waals surface area contributed by atoms with E-state index in [0.717, 1.165) is 25.0 Å². The number of aromatic nitrogens is 3. The van der Waals surface area contributed by atoms with Gasteiger partial charge in [-0.15, -0.1) is 11.3 Å². The number of carbonyl (C=O) groups is 1. The summed E-state index contributed by atoms with van der Waals surface area (Å²) < 4.78 is 75.6. The van der Waals surface area contributed by atoms with Crippen molar-refractivity contribution in [2.45, 2.75) is 26.3 Å². The summed E-state index contributed by atoms with van der Waals surface area (Å²) in [7, 11) is 2.66. The van der Waals surface area contributed by atoms with Gasteiger partial charge in [-0.3, -0.25) is 23.3 Å². The zero-order valence-electron chi connectivity index (χ0n) is 19.3. The Kier molecular flexibility index (Phi) is 6.54. The van der Waals surface area contributed by atoms with Crippen LogP contribution in [0.5, 0.6) is 0 Å². The number of aliphatic hydroxyl groups excluding tert-OH is 1. The Bertz CT molecular complexity index is 1760. The van der Waals surface area contributed by atoms with Crippen molar-refractivity contribution in [2.24, 2.45) is 19.1 Å². The zero-order valence-corrected chi connectivity index (χ0v) is 20.1. The van der Waals surface area contributed by atoms with E-state index in [1.165, 1.54) is 26.4 Å². The van der Waals surface area contributed by atoms with E-state index in [9.17, 15) is 41.4 Å². The number of alkyl halides is 3. The first-order valence-corrected chi connectivity index (χ1v) is 11.3. The molecule has 15 heteroatoms. The van der Waals surface area contributed by atoms with Crippen LogP contribution in [0, 0.1) is 18.6 Å². The molecule has 3 heterocycles. The lowest BCUT2D eigenvalue weighted by atomic mass is 10.1. The van der Waals surface area contributed by atoms with Gasteiger partial charge in [-0.2, -0.15) is 18.2 Å². The van der Waals surface area contributed by atoms with Crippen molar-refractivity contribution < 1.29 is 36.3 Å². The number of fused-ring (bicyclic) bond motifs is 1.